The van der Waals surface area contributed by atoms with Gasteiger partial charge in [0, 0.05) is 0 Å². The maximum absolute atomic E-state index is 13.5. The van der Waals surface area contributed by atoms with Crippen molar-refractivity contribution < 1.29 is 18.3 Å². The molecule has 29 heavy (non-hydrogen) atoms. The number of hydrogen-bond donors (Lipinski definition) is 1. The SMILES string of the molecule is Cc1ccc(S(=O)(=O)N(C(=O)Cc2ccccc2)c2c(C)cc(O)cc2C)cc1. The van der Waals surface area contributed by atoms with Gasteiger partial charge in [-0.15, -0.1) is 0 Å². The fraction of sp³-hybridized carbons (Fsp3) is 0.174. The third-order valence-electron chi connectivity index (χ3n) is 4.66. The van der Waals surface area contributed by atoms with Gasteiger partial charge in [-0.25, -0.2) is 12.7 Å². The Labute approximate surface area is 171 Å². The number of carbonyl (C=O) groups is 1. The maximum atomic E-state index is 13.5. The molecule has 5 nitrogen and oxygen atoms in total. The van der Waals surface area contributed by atoms with Gasteiger partial charge in [-0.2, -0.15) is 0 Å². The van der Waals surface area contributed by atoms with Crippen LogP contribution in [-0.2, 0) is 21.2 Å². The minimum Gasteiger partial charge on any atom is -0.508 e. The second kappa shape index (κ2) is 8.09. The molecule has 0 saturated heterocycles. The molecule has 0 heterocycles. The molecule has 0 unspecified atom stereocenters. The molecule has 1 amide bonds. The minimum atomic E-state index is -4.15. The Bertz CT molecular complexity index is 1110. The molecule has 0 fully saturated rings. The molecule has 0 aliphatic rings. The molecule has 3 rings (SSSR count). The summed E-state index contributed by atoms with van der Waals surface area (Å²) in [4.78, 5) is 13.3. The lowest BCUT2D eigenvalue weighted by Gasteiger charge is -2.26. The van der Waals surface area contributed by atoms with Gasteiger partial charge in [0.1, 0.15) is 5.75 Å². The first-order valence-electron chi connectivity index (χ1n) is 9.19. The fourth-order valence-corrected chi connectivity index (χ4v) is 4.84. The summed E-state index contributed by atoms with van der Waals surface area (Å²) in [5, 5.41) is 9.87. The summed E-state index contributed by atoms with van der Waals surface area (Å²) in [6.07, 6.45) is -0.0638. The van der Waals surface area contributed by atoms with E-state index in [0.29, 0.717) is 11.1 Å². The molecule has 0 bridgehead atoms. The average Bonchev–Trinajstić information content (AvgIpc) is 2.65. The van der Waals surface area contributed by atoms with Crippen LogP contribution in [0.1, 0.15) is 22.3 Å². The summed E-state index contributed by atoms with van der Waals surface area (Å²) in [5.41, 5.74) is 2.90. The number of aryl methyl sites for hydroxylation is 3. The Morgan fingerprint density at radius 1 is 0.897 bits per heavy atom. The van der Waals surface area contributed by atoms with Crippen LogP contribution in [0, 0.1) is 20.8 Å². The van der Waals surface area contributed by atoms with Gasteiger partial charge in [-0.05, 0) is 61.7 Å². The predicted molar refractivity (Wildman–Crippen MR) is 114 cm³/mol. The Kier molecular flexibility index (Phi) is 5.75. The number of aromatic hydroxyl groups is 1. The van der Waals surface area contributed by atoms with Gasteiger partial charge in [-0.1, -0.05) is 48.0 Å². The number of phenols is 1. The molecule has 0 aliphatic carbocycles. The molecule has 150 valence electrons. The summed E-state index contributed by atoms with van der Waals surface area (Å²) in [6.45, 7) is 5.22. The van der Waals surface area contributed by atoms with Gasteiger partial charge in [-0.3, -0.25) is 4.79 Å². The van der Waals surface area contributed by atoms with E-state index in [-0.39, 0.29) is 22.8 Å². The van der Waals surface area contributed by atoms with Gasteiger partial charge in [0.15, 0.2) is 0 Å². The fourth-order valence-electron chi connectivity index (χ4n) is 3.29. The number of sulfonamides is 1. The molecule has 0 aliphatic heterocycles. The van der Waals surface area contributed by atoms with E-state index in [0.717, 1.165) is 15.4 Å². The molecule has 0 aromatic heterocycles. The summed E-state index contributed by atoms with van der Waals surface area (Å²) in [5.74, 6) is -0.541. The van der Waals surface area contributed by atoms with Crippen molar-refractivity contribution in [1.29, 1.82) is 0 Å². The van der Waals surface area contributed by atoms with Gasteiger partial charge in [0.2, 0.25) is 5.91 Å². The molecule has 0 spiro atoms. The number of carbonyl (C=O) groups excluding carboxylic acids is 1. The molecule has 0 radical (unpaired) electrons. The maximum Gasteiger partial charge on any atom is 0.270 e. The first-order chi connectivity index (χ1) is 13.7. The Hall–Kier alpha value is -3.12. The highest BCUT2D eigenvalue weighted by molar-refractivity contribution is 7.93. The third kappa shape index (κ3) is 4.32. The van der Waals surface area contributed by atoms with Crippen molar-refractivity contribution in [2.24, 2.45) is 0 Å². The first-order valence-corrected chi connectivity index (χ1v) is 10.6. The highest BCUT2D eigenvalue weighted by Crippen LogP contribution is 2.33. The average molecular weight is 410 g/mol. The zero-order valence-electron chi connectivity index (χ0n) is 16.6. The topological polar surface area (TPSA) is 74.7 Å². The molecule has 3 aromatic carbocycles. The number of benzene rings is 3. The van der Waals surface area contributed by atoms with E-state index < -0.39 is 15.9 Å². The lowest BCUT2D eigenvalue weighted by atomic mass is 10.1. The second-order valence-corrected chi connectivity index (χ2v) is 8.85. The monoisotopic (exact) mass is 409 g/mol. The van der Waals surface area contributed by atoms with E-state index in [9.17, 15) is 18.3 Å². The van der Waals surface area contributed by atoms with E-state index in [1.165, 1.54) is 24.3 Å². The van der Waals surface area contributed by atoms with Crippen LogP contribution in [0.4, 0.5) is 5.69 Å². The predicted octanol–water partition coefficient (Wildman–Crippen LogP) is 4.28. The first kappa shape index (κ1) is 20.6. The lowest BCUT2D eigenvalue weighted by Crippen LogP contribution is -2.39. The van der Waals surface area contributed by atoms with Crippen LogP contribution in [0.2, 0.25) is 0 Å². The Morgan fingerprint density at radius 2 is 1.45 bits per heavy atom. The summed E-state index contributed by atoms with van der Waals surface area (Å²) in [6, 6.07) is 18.3. The molecule has 3 aromatic rings. The highest BCUT2D eigenvalue weighted by atomic mass is 32.2. The normalized spacial score (nSPS) is 11.3. The number of rotatable bonds is 5. The number of anilines is 1. The van der Waals surface area contributed by atoms with Crippen molar-refractivity contribution >= 4 is 21.6 Å². The van der Waals surface area contributed by atoms with Crippen molar-refractivity contribution in [1.82, 2.24) is 0 Å². The van der Waals surface area contributed by atoms with Crippen molar-refractivity contribution in [3.05, 3.63) is 89.0 Å². The number of hydrogen-bond acceptors (Lipinski definition) is 4. The third-order valence-corrected chi connectivity index (χ3v) is 6.40. The number of phenolic OH excluding ortho intramolecular Hbond substituents is 1. The molecule has 0 atom stereocenters. The van der Waals surface area contributed by atoms with E-state index in [4.69, 9.17) is 0 Å². The summed E-state index contributed by atoms with van der Waals surface area (Å²) < 4.78 is 27.9. The van der Waals surface area contributed by atoms with Gasteiger partial charge >= 0.3 is 0 Å². The van der Waals surface area contributed by atoms with Crippen LogP contribution < -0.4 is 4.31 Å². The second-order valence-electron chi connectivity index (χ2n) is 7.07. The van der Waals surface area contributed by atoms with Crippen molar-refractivity contribution in [2.45, 2.75) is 32.1 Å². The van der Waals surface area contributed by atoms with Crippen LogP contribution in [0.15, 0.2) is 71.6 Å². The molecule has 1 N–H and O–H groups in total. The molecule has 0 saturated carbocycles. The van der Waals surface area contributed by atoms with E-state index in [1.807, 2.05) is 13.0 Å². The Morgan fingerprint density at radius 3 is 2.00 bits per heavy atom. The van der Waals surface area contributed by atoms with Gasteiger partial charge in [0.25, 0.3) is 10.0 Å². The lowest BCUT2D eigenvalue weighted by molar-refractivity contribution is -0.116. The molecule has 6 heteroatoms. The Balaban J connectivity index is 2.16. The van der Waals surface area contributed by atoms with Crippen LogP contribution in [-0.4, -0.2) is 19.4 Å². The minimum absolute atomic E-state index is 0.0203. The van der Waals surface area contributed by atoms with E-state index >= 15 is 0 Å². The van der Waals surface area contributed by atoms with Crippen LogP contribution >= 0.6 is 0 Å². The zero-order chi connectivity index (χ0) is 21.2. The zero-order valence-corrected chi connectivity index (χ0v) is 17.4. The van der Waals surface area contributed by atoms with Crippen LogP contribution in [0.3, 0.4) is 0 Å². The van der Waals surface area contributed by atoms with E-state index in [2.05, 4.69) is 0 Å². The van der Waals surface area contributed by atoms with E-state index in [1.54, 1.807) is 50.2 Å². The summed E-state index contributed by atoms with van der Waals surface area (Å²) >= 11 is 0. The van der Waals surface area contributed by atoms with Gasteiger partial charge in [0.05, 0.1) is 17.0 Å². The van der Waals surface area contributed by atoms with Crippen molar-refractivity contribution in [3.8, 4) is 5.75 Å². The summed E-state index contributed by atoms with van der Waals surface area (Å²) in [7, 11) is -4.15. The quantitative estimate of drug-likeness (QED) is 0.682. The largest absolute Gasteiger partial charge is 0.508 e. The highest BCUT2D eigenvalue weighted by Gasteiger charge is 2.33. The smallest absolute Gasteiger partial charge is 0.270 e. The van der Waals surface area contributed by atoms with Gasteiger partial charge < -0.3 is 5.11 Å². The van der Waals surface area contributed by atoms with Crippen LogP contribution in [0.5, 0.6) is 5.75 Å². The number of amides is 1. The van der Waals surface area contributed by atoms with Crippen LogP contribution in [0.25, 0.3) is 0 Å². The van der Waals surface area contributed by atoms with Crippen molar-refractivity contribution in [2.75, 3.05) is 4.31 Å². The van der Waals surface area contributed by atoms with Crippen molar-refractivity contribution in [3.63, 3.8) is 0 Å². The number of nitrogens with zero attached hydrogens (tertiary/aromatic N) is 1. The molecular weight excluding hydrogens is 386 g/mol. The molecular formula is C23H23NO4S. The standard InChI is InChI=1S/C23H23NO4S/c1-16-9-11-21(12-10-16)29(27,28)24(22(26)15-19-7-5-4-6-8-19)23-17(2)13-20(25)14-18(23)3/h4-14,25H,15H2,1-3H3.